The first-order valence-electron chi connectivity index (χ1n) is 7.19. The third kappa shape index (κ3) is 3.19. The van der Waals surface area contributed by atoms with E-state index in [2.05, 4.69) is 37.0 Å². The highest BCUT2D eigenvalue weighted by molar-refractivity contribution is 6.39. The number of hydrogen-bond acceptors (Lipinski definition) is 2. The van der Waals surface area contributed by atoms with Gasteiger partial charge in [-0.25, -0.2) is 4.98 Å². The van der Waals surface area contributed by atoms with E-state index in [4.69, 9.17) is 23.2 Å². The van der Waals surface area contributed by atoms with Crippen LogP contribution < -0.4 is 0 Å². The van der Waals surface area contributed by atoms with Gasteiger partial charge in [-0.1, -0.05) is 53.0 Å². The van der Waals surface area contributed by atoms with Crippen molar-refractivity contribution in [2.24, 2.45) is 0 Å². The van der Waals surface area contributed by atoms with Gasteiger partial charge in [0.05, 0.1) is 15.7 Å². The van der Waals surface area contributed by atoms with Gasteiger partial charge in [-0.3, -0.25) is 0 Å². The van der Waals surface area contributed by atoms with Crippen LogP contribution in [0.3, 0.4) is 0 Å². The van der Waals surface area contributed by atoms with Gasteiger partial charge in [0.25, 0.3) is 0 Å². The summed E-state index contributed by atoms with van der Waals surface area (Å²) in [4.78, 5) is 4.46. The van der Waals surface area contributed by atoms with E-state index in [1.165, 1.54) is 17.2 Å². The maximum absolute atomic E-state index is 10.1. The van der Waals surface area contributed by atoms with Crippen molar-refractivity contribution in [1.82, 2.24) is 4.98 Å². The van der Waals surface area contributed by atoms with E-state index in [1.54, 1.807) is 0 Å². The fraction of sp³-hybridized carbons (Fsp3) is 0.105. The van der Waals surface area contributed by atoms with Crippen LogP contribution >= 0.6 is 23.2 Å². The van der Waals surface area contributed by atoms with Crippen molar-refractivity contribution < 1.29 is 5.11 Å². The van der Waals surface area contributed by atoms with Gasteiger partial charge in [0.15, 0.2) is 5.75 Å². The van der Waals surface area contributed by atoms with E-state index in [0.29, 0.717) is 15.9 Å². The van der Waals surface area contributed by atoms with E-state index < -0.39 is 0 Å². The maximum Gasteiger partial charge on any atom is 0.160 e. The largest absolute Gasteiger partial charge is 0.504 e. The number of nitrogens with zero attached hydrogens (tertiary/aromatic N) is 1. The quantitative estimate of drug-likeness (QED) is 0.615. The summed E-state index contributed by atoms with van der Waals surface area (Å²) >= 11 is 12.1. The fourth-order valence-electron chi connectivity index (χ4n) is 2.43. The number of rotatable bonds is 2. The van der Waals surface area contributed by atoms with Crippen molar-refractivity contribution in [2.45, 2.75) is 13.8 Å². The van der Waals surface area contributed by atoms with Crippen LogP contribution in [0.1, 0.15) is 22.4 Å². The van der Waals surface area contributed by atoms with Gasteiger partial charge in [-0.05, 0) is 49.2 Å². The average Bonchev–Trinajstić information content (AvgIpc) is 2.53. The molecule has 0 aliphatic heterocycles. The molecule has 1 aromatic heterocycles. The highest BCUT2D eigenvalue weighted by atomic mass is 35.5. The Morgan fingerprint density at radius 1 is 0.957 bits per heavy atom. The molecule has 0 saturated heterocycles. The van der Waals surface area contributed by atoms with Crippen LogP contribution in [0.2, 0.25) is 10.0 Å². The normalized spacial score (nSPS) is 11.5. The third-order valence-corrected chi connectivity index (χ3v) is 4.35. The number of pyridine rings is 1. The van der Waals surface area contributed by atoms with E-state index in [9.17, 15) is 5.11 Å². The molecule has 0 aliphatic carbocycles. The molecule has 0 atom stereocenters. The standard InChI is InChI=1S/C19H15Cl2NO/c1-11-3-4-12(2)13(9-11)5-6-14-7-8-15-16(20)10-17(21)19(23)18(15)22-14/h3-10,23H,1-2H3. The van der Waals surface area contributed by atoms with E-state index >= 15 is 0 Å². The summed E-state index contributed by atoms with van der Waals surface area (Å²) in [6.07, 6.45) is 3.93. The SMILES string of the molecule is Cc1ccc(C)c(C=Cc2ccc3c(Cl)cc(Cl)c(O)c3n2)c1. The second-order valence-electron chi connectivity index (χ2n) is 5.51. The van der Waals surface area contributed by atoms with Crippen molar-refractivity contribution in [3.8, 4) is 5.75 Å². The number of aromatic nitrogens is 1. The van der Waals surface area contributed by atoms with Crippen LogP contribution in [0.15, 0.2) is 36.4 Å². The molecular formula is C19H15Cl2NO. The molecule has 116 valence electrons. The molecule has 0 aliphatic rings. The van der Waals surface area contributed by atoms with E-state index in [1.807, 2.05) is 24.3 Å². The highest BCUT2D eigenvalue weighted by Crippen LogP contribution is 2.36. The Hall–Kier alpha value is -2.03. The van der Waals surface area contributed by atoms with Crippen molar-refractivity contribution in [1.29, 1.82) is 0 Å². The molecule has 0 spiro atoms. The molecule has 4 heteroatoms. The number of benzene rings is 2. The van der Waals surface area contributed by atoms with Crippen LogP contribution in [0.5, 0.6) is 5.75 Å². The fourth-order valence-corrected chi connectivity index (χ4v) is 2.94. The predicted octanol–water partition coefficient (Wildman–Crippen LogP) is 6.03. The molecule has 1 heterocycles. The topological polar surface area (TPSA) is 33.1 Å². The summed E-state index contributed by atoms with van der Waals surface area (Å²) in [7, 11) is 0. The molecule has 0 saturated carbocycles. The lowest BCUT2D eigenvalue weighted by atomic mass is 10.0. The van der Waals surface area contributed by atoms with Crippen LogP contribution in [-0.4, -0.2) is 10.1 Å². The first-order valence-corrected chi connectivity index (χ1v) is 7.94. The lowest BCUT2D eigenvalue weighted by molar-refractivity contribution is 0.480. The predicted molar refractivity (Wildman–Crippen MR) is 98.3 cm³/mol. The molecular weight excluding hydrogens is 329 g/mol. The minimum Gasteiger partial charge on any atom is -0.504 e. The lowest BCUT2D eigenvalue weighted by Gasteiger charge is -2.06. The van der Waals surface area contributed by atoms with Gasteiger partial charge in [-0.15, -0.1) is 0 Å². The second-order valence-corrected chi connectivity index (χ2v) is 6.33. The minimum atomic E-state index is -0.0481. The van der Waals surface area contributed by atoms with E-state index in [-0.39, 0.29) is 10.8 Å². The molecule has 3 rings (SSSR count). The van der Waals surface area contributed by atoms with Crippen molar-refractivity contribution in [3.05, 3.63) is 68.8 Å². The summed E-state index contributed by atoms with van der Waals surface area (Å²) in [5.74, 6) is -0.0481. The number of phenols is 1. The molecule has 0 radical (unpaired) electrons. The first-order chi connectivity index (χ1) is 11.0. The molecule has 0 fully saturated rings. The molecule has 0 unspecified atom stereocenters. The summed E-state index contributed by atoms with van der Waals surface area (Å²) < 4.78 is 0. The van der Waals surface area contributed by atoms with Gasteiger partial charge in [-0.2, -0.15) is 0 Å². The van der Waals surface area contributed by atoms with Gasteiger partial charge in [0.1, 0.15) is 5.52 Å². The average molecular weight is 344 g/mol. The molecule has 2 aromatic carbocycles. The zero-order valence-corrected chi connectivity index (χ0v) is 14.3. The third-order valence-electron chi connectivity index (χ3n) is 3.75. The molecule has 0 amide bonds. The number of halogens is 2. The van der Waals surface area contributed by atoms with Crippen molar-refractivity contribution in [3.63, 3.8) is 0 Å². The molecule has 23 heavy (non-hydrogen) atoms. The Kier molecular flexibility index (Phi) is 4.29. The zero-order chi connectivity index (χ0) is 16.6. The maximum atomic E-state index is 10.1. The summed E-state index contributed by atoms with van der Waals surface area (Å²) in [5.41, 5.74) is 4.68. The molecule has 0 bridgehead atoms. The zero-order valence-electron chi connectivity index (χ0n) is 12.8. The monoisotopic (exact) mass is 343 g/mol. The van der Waals surface area contributed by atoms with Crippen LogP contribution in [0.4, 0.5) is 0 Å². The smallest absolute Gasteiger partial charge is 0.160 e. The van der Waals surface area contributed by atoms with Crippen LogP contribution in [0, 0.1) is 13.8 Å². The Labute approximate surface area is 145 Å². The van der Waals surface area contributed by atoms with Crippen molar-refractivity contribution >= 4 is 46.3 Å². The van der Waals surface area contributed by atoms with Gasteiger partial charge >= 0.3 is 0 Å². The Bertz CT molecular complexity index is 932. The number of hydrogen-bond donors (Lipinski definition) is 1. The number of fused-ring (bicyclic) bond motifs is 1. The Morgan fingerprint density at radius 2 is 1.74 bits per heavy atom. The molecule has 3 aromatic rings. The Balaban J connectivity index is 2.06. The van der Waals surface area contributed by atoms with Gasteiger partial charge in [0, 0.05) is 5.39 Å². The summed E-state index contributed by atoms with van der Waals surface area (Å²) in [5, 5.41) is 11.4. The number of phenolic OH excluding ortho intramolecular Hbond substituents is 1. The van der Waals surface area contributed by atoms with Crippen LogP contribution in [0.25, 0.3) is 23.1 Å². The molecule has 2 nitrogen and oxygen atoms in total. The van der Waals surface area contributed by atoms with Crippen LogP contribution in [-0.2, 0) is 0 Å². The molecule has 1 N–H and O–H groups in total. The summed E-state index contributed by atoms with van der Waals surface area (Å²) in [6.45, 7) is 4.13. The minimum absolute atomic E-state index is 0.0481. The number of aromatic hydroxyl groups is 1. The first kappa shape index (κ1) is 15.9. The Morgan fingerprint density at radius 3 is 2.52 bits per heavy atom. The van der Waals surface area contributed by atoms with Gasteiger partial charge < -0.3 is 5.11 Å². The van der Waals surface area contributed by atoms with Gasteiger partial charge in [0.2, 0.25) is 0 Å². The summed E-state index contributed by atoms with van der Waals surface area (Å²) in [6, 6.07) is 11.5. The van der Waals surface area contributed by atoms with Crippen molar-refractivity contribution in [2.75, 3.05) is 0 Å². The van der Waals surface area contributed by atoms with E-state index in [0.717, 1.165) is 11.3 Å². The number of aryl methyl sites for hydroxylation is 2. The lowest BCUT2D eigenvalue weighted by Crippen LogP contribution is -1.87. The second kappa shape index (κ2) is 6.23. The highest BCUT2D eigenvalue weighted by Gasteiger charge is 2.10.